The molecule has 0 spiro atoms. The first-order valence-electron chi connectivity index (χ1n) is 6.27. The zero-order valence-electron chi connectivity index (χ0n) is 11.2. The second-order valence-corrected chi connectivity index (χ2v) is 5.05. The molecule has 0 aliphatic rings. The van der Waals surface area contributed by atoms with E-state index in [2.05, 4.69) is 25.6 Å². The average molecular weight is 315 g/mol. The van der Waals surface area contributed by atoms with E-state index in [0.29, 0.717) is 16.8 Å². The molecule has 0 aliphatic heterocycles. The van der Waals surface area contributed by atoms with Crippen LogP contribution in [0, 0.1) is 5.82 Å². The van der Waals surface area contributed by atoms with Gasteiger partial charge in [-0.3, -0.25) is 4.79 Å². The Labute approximate surface area is 129 Å². The molecule has 6 nitrogen and oxygen atoms in total. The summed E-state index contributed by atoms with van der Waals surface area (Å²) in [5.41, 5.74) is 0.757. The molecular weight excluding hydrogens is 305 g/mol. The minimum absolute atomic E-state index is 0.257. The first kappa shape index (κ1) is 14.1. The van der Waals surface area contributed by atoms with Crippen molar-refractivity contribution >= 4 is 34.0 Å². The van der Waals surface area contributed by atoms with Crippen LogP contribution in [0.5, 0.6) is 0 Å². The molecule has 110 valence electrons. The van der Waals surface area contributed by atoms with Gasteiger partial charge in [0.15, 0.2) is 5.13 Å². The van der Waals surface area contributed by atoms with Crippen LogP contribution in [-0.4, -0.2) is 20.9 Å². The number of halogens is 1. The summed E-state index contributed by atoms with van der Waals surface area (Å²) >= 11 is 1.26. The summed E-state index contributed by atoms with van der Waals surface area (Å²) in [5.74, 6) is -0.326. The van der Waals surface area contributed by atoms with E-state index in [1.54, 1.807) is 23.8 Å². The predicted octanol–water partition coefficient (Wildman–Crippen LogP) is 3.07. The smallest absolute Gasteiger partial charge is 0.275 e. The Kier molecular flexibility index (Phi) is 4.01. The van der Waals surface area contributed by atoms with Crippen LogP contribution in [0.15, 0.2) is 48.1 Å². The van der Waals surface area contributed by atoms with Gasteiger partial charge in [-0.2, -0.15) is 0 Å². The molecule has 2 heterocycles. The van der Waals surface area contributed by atoms with Crippen molar-refractivity contribution < 1.29 is 9.18 Å². The van der Waals surface area contributed by atoms with Crippen molar-refractivity contribution in [2.75, 3.05) is 10.6 Å². The van der Waals surface area contributed by atoms with E-state index < -0.39 is 0 Å². The first-order valence-corrected chi connectivity index (χ1v) is 7.15. The lowest BCUT2D eigenvalue weighted by Crippen LogP contribution is -2.12. The summed E-state index contributed by atoms with van der Waals surface area (Å²) in [5, 5.41) is 7.67. The molecule has 2 aromatic heterocycles. The number of rotatable bonds is 4. The maximum absolute atomic E-state index is 12.8. The van der Waals surface area contributed by atoms with E-state index in [0.717, 1.165) is 0 Å². The molecule has 0 saturated carbocycles. The summed E-state index contributed by atoms with van der Waals surface area (Å²) in [6.45, 7) is 0. The Bertz CT molecular complexity index is 775. The lowest BCUT2D eigenvalue weighted by atomic mass is 10.3. The number of nitrogens with zero attached hydrogens (tertiary/aromatic N) is 3. The molecule has 0 atom stereocenters. The largest absolute Gasteiger partial charge is 0.321 e. The predicted molar refractivity (Wildman–Crippen MR) is 81.8 cm³/mol. The van der Waals surface area contributed by atoms with Crippen LogP contribution in [0.25, 0.3) is 0 Å². The summed E-state index contributed by atoms with van der Waals surface area (Å²) in [7, 11) is 0. The average Bonchev–Trinajstić information content (AvgIpc) is 2.99. The van der Waals surface area contributed by atoms with Gasteiger partial charge in [0.1, 0.15) is 11.5 Å². The Hall–Kier alpha value is -2.87. The topological polar surface area (TPSA) is 79.8 Å². The molecule has 3 aromatic rings. The van der Waals surface area contributed by atoms with Crippen molar-refractivity contribution in [3.8, 4) is 0 Å². The number of anilines is 3. The van der Waals surface area contributed by atoms with Gasteiger partial charge in [0.05, 0.1) is 0 Å². The molecule has 3 rings (SSSR count). The molecule has 22 heavy (non-hydrogen) atoms. The molecule has 2 N–H and O–H groups in total. The minimum atomic E-state index is -0.370. The summed E-state index contributed by atoms with van der Waals surface area (Å²) in [6, 6.07) is 7.22. The summed E-state index contributed by atoms with van der Waals surface area (Å²) in [4.78, 5) is 24.2. The molecular formula is C14H10FN5OS. The minimum Gasteiger partial charge on any atom is -0.321 e. The van der Waals surface area contributed by atoms with E-state index >= 15 is 0 Å². The van der Waals surface area contributed by atoms with Crippen LogP contribution in [0.1, 0.15) is 10.5 Å². The highest BCUT2D eigenvalue weighted by Crippen LogP contribution is 2.19. The van der Waals surface area contributed by atoms with Crippen LogP contribution in [0.4, 0.5) is 21.2 Å². The molecule has 0 aliphatic carbocycles. The zero-order valence-corrected chi connectivity index (χ0v) is 12.0. The number of thiazole rings is 1. The third-order valence-electron chi connectivity index (χ3n) is 2.62. The number of aromatic nitrogens is 3. The fourth-order valence-corrected chi connectivity index (χ4v) is 2.31. The lowest BCUT2D eigenvalue weighted by Gasteiger charge is -2.02. The van der Waals surface area contributed by atoms with Crippen molar-refractivity contribution in [2.45, 2.75) is 0 Å². The van der Waals surface area contributed by atoms with Crippen LogP contribution in [0.3, 0.4) is 0 Å². The number of amides is 1. The number of carbonyl (C=O) groups is 1. The highest BCUT2D eigenvalue weighted by atomic mass is 32.1. The third-order valence-corrected chi connectivity index (χ3v) is 3.38. The monoisotopic (exact) mass is 315 g/mol. The Morgan fingerprint density at radius 1 is 1.14 bits per heavy atom. The van der Waals surface area contributed by atoms with Gasteiger partial charge in [-0.1, -0.05) is 0 Å². The Balaban J connectivity index is 1.67. The Morgan fingerprint density at radius 2 is 1.86 bits per heavy atom. The van der Waals surface area contributed by atoms with Gasteiger partial charge >= 0.3 is 0 Å². The highest BCUT2D eigenvalue weighted by Gasteiger charge is 2.11. The fourth-order valence-electron chi connectivity index (χ4n) is 1.62. The van der Waals surface area contributed by atoms with Crippen LogP contribution in [0.2, 0.25) is 0 Å². The second kappa shape index (κ2) is 6.27. The lowest BCUT2D eigenvalue weighted by molar-refractivity contribution is 0.102. The molecule has 1 aromatic carbocycles. The summed E-state index contributed by atoms with van der Waals surface area (Å²) < 4.78 is 12.8. The second-order valence-electron chi connectivity index (χ2n) is 4.20. The molecule has 1 amide bonds. The van der Waals surface area contributed by atoms with Gasteiger partial charge in [0, 0.05) is 23.5 Å². The van der Waals surface area contributed by atoms with E-state index in [-0.39, 0.29) is 17.4 Å². The molecule has 0 unspecified atom stereocenters. The van der Waals surface area contributed by atoms with Crippen molar-refractivity contribution in [3.05, 3.63) is 59.6 Å². The van der Waals surface area contributed by atoms with Gasteiger partial charge in [-0.25, -0.2) is 19.3 Å². The normalized spacial score (nSPS) is 10.2. The van der Waals surface area contributed by atoms with Gasteiger partial charge in [-0.15, -0.1) is 11.3 Å². The number of hydrogen-bond acceptors (Lipinski definition) is 6. The van der Waals surface area contributed by atoms with E-state index in [4.69, 9.17) is 0 Å². The van der Waals surface area contributed by atoms with Crippen molar-refractivity contribution in [1.82, 2.24) is 15.0 Å². The Morgan fingerprint density at radius 3 is 2.59 bits per heavy atom. The van der Waals surface area contributed by atoms with Crippen molar-refractivity contribution in [2.24, 2.45) is 0 Å². The number of nitrogens with one attached hydrogen (secondary N) is 2. The van der Waals surface area contributed by atoms with Gasteiger partial charge in [0.25, 0.3) is 5.91 Å². The number of benzene rings is 1. The molecule has 0 fully saturated rings. The van der Waals surface area contributed by atoms with Crippen molar-refractivity contribution in [3.63, 3.8) is 0 Å². The van der Waals surface area contributed by atoms with E-state index in [1.165, 1.54) is 35.6 Å². The number of carbonyl (C=O) groups excluding carboxylic acids is 1. The quantitative estimate of drug-likeness (QED) is 0.773. The van der Waals surface area contributed by atoms with Gasteiger partial charge in [-0.05, 0) is 30.3 Å². The highest BCUT2D eigenvalue weighted by molar-refractivity contribution is 7.14. The molecule has 8 heteroatoms. The van der Waals surface area contributed by atoms with Gasteiger partial charge < -0.3 is 10.6 Å². The maximum atomic E-state index is 12.8. The third kappa shape index (κ3) is 3.41. The number of hydrogen-bond donors (Lipinski definition) is 2. The van der Waals surface area contributed by atoms with Crippen LogP contribution < -0.4 is 10.6 Å². The first-order chi connectivity index (χ1) is 10.7. The standard InChI is InChI=1S/C14H10FN5OS/c15-9-2-4-10(5-3-9)18-12(21)11-8-22-14(19-11)20-13-16-6-1-7-17-13/h1-8H,(H,18,21)(H,16,17,19,20). The van der Waals surface area contributed by atoms with E-state index in [9.17, 15) is 9.18 Å². The molecule has 0 bridgehead atoms. The molecule has 0 saturated heterocycles. The maximum Gasteiger partial charge on any atom is 0.275 e. The molecule has 0 radical (unpaired) electrons. The van der Waals surface area contributed by atoms with Crippen LogP contribution in [-0.2, 0) is 0 Å². The zero-order chi connectivity index (χ0) is 15.4. The van der Waals surface area contributed by atoms with E-state index in [1.807, 2.05) is 0 Å². The van der Waals surface area contributed by atoms with Gasteiger partial charge in [0.2, 0.25) is 5.95 Å². The van der Waals surface area contributed by atoms with Crippen LogP contribution >= 0.6 is 11.3 Å². The van der Waals surface area contributed by atoms with Crippen molar-refractivity contribution in [1.29, 1.82) is 0 Å². The summed E-state index contributed by atoms with van der Waals surface area (Å²) in [6.07, 6.45) is 3.20. The SMILES string of the molecule is O=C(Nc1ccc(F)cc1)c1csc(Nc2ncccn2)n1. The fraction of sp³-hybridized carbons (Fsp3) is 0.